The number of hydroxylamine groups is 2. The minimum absolute atomic E-state index is 0.0405. The van der Waals surface area contributed by atoms with E-state index in [0.29, 0.717) is 12.1 Å². The maximum atomic E-state index is 13.8. The van der Waals surface area contributed by atoms with E-state index in [1.807, 2.05) is 54.6 Å². The number of nitrogens with two attached hydrogens (primary N) is 1. The molecule has 0 fully saturated rings. The molecule has 3 rings (SSSR count). The summed E-state index contributed by atoms with van der Waals surface area (Å²) in [7, 11) is 0. The van der Waals surface area contributed by atoms with E-state index in [-0.39, 0.29) is 31.4 Å². The second-order valence-electron chi connectivity index (χ2n) is 10.4. The summed E-state index contributed by atoms with van der Waals surface area (Å²) < 4.78 is 0. The van der Waals surface area contributed by atoms with Gasteiger partial charge in [-0.2, -0.15) is 0 Å². The lowest BCUT2D eigenvalue weighted by atomic mass is 10.0. The molecule has 0 heterocycles. The van der Waals surface area contributed by atoms with Gasteiger partial charge in [-0.05, 0) is 47.2 Å². The molecule has 0 aliphatic carbocycles. The van der Waals surface area contributed by atoms with Crippen molar-refractivity contribution >= 4 is 46.2 Å². The molecule has 0 spiro atoms. The van der Waals surface area contributed by atoms with Gasteiger partial charge in [0.2, 0.25) is 11.8 Å². The second-order valence-corrected chi connectivity index (χ2v) is 10.4. The molecule has 13 nitrogen and oxygen atoms in total. The molecule has 0 bridgehead atoms. The number of benzene rings is 3. The number of hydrogen-bond acceptors (Lipinski definition) is 6. The SMILES string of the molecule is CC(C)[C@H](NC(=O)O)C(=O)NCC(=O)N(OCc1ccccc1)[C@@H](CCCNC(=N)N)C(=O)Nc1ccc2ccccc2c1. The van der Waals surface area contributed by atoms with Gasteiger partial charge in [-0.1, -0.05) is 74.5 Å². The first-order valence-corrected chi connectivity index (χ1v) is 14.2. The Labute approximate surface area is 255 Å². The Balaban J connectivity index is 1.86. The number of hydrogen-bond donors (Lipinski definition) is 7. The van der Waals surface area contributed by atoms with Gasteiger partial charge < -0.3 is 32.1 Å². The fraction of sp³-hybridized carbons (Fsp3) is 0.323. The van der Waals surface area contributed by atoms with Crippen LogP contribution in [0.3, 0.4) is 0 Å². The molecule has 8 N–H and O–H groups in total. The molecule has 2 atom stereocenters. The Morgan fingerprint density at radius 1 is 0.932 bits per heavy atom. The fourth-order valence-corrected chi connectivity index (χ4v) is 4.44. The van der Waals surface area contributed by atoms with E-state index in [2.05, 4.69) is 21.3 Å². The smallest absolute Gasteiger partial charge is 0.405 e. The maximum absolute atomic E-state index is 13.8. The van der Waals surface area contributed by atoms with E-state index in [1.165, 1.54) is 0 Å². The van der Waals surface area contributed by atoms with Crippen molar-refractivity contribution in [3.8, 4) is 0 Å². The lowest BCUT2D eigenvalue weighted by Crippen LogP contribution is -2.54. The third kappa shape index (κ3) is 10.3. The Morgan fingerprint density at radius 2 is 1.61 bits per heavy atom. The minimum atomic E-state index is -1.37. The van der Waals surface area contributed by atoms with Crippen LogP contribution in [-0.2, 0) is 25.8 Å². The van der Waals surface area contributed by atoms with Crippen LogP contribution in [0.4, 0.5) is 10.5 Å². The summed E-state index contributed by atoms with van der Waals surface area (Å²) in [6, 6.07) is 19.9. The first-order valence-electron chi connectivity index (χ1n) is 14.2. The molecule has 234 valence electrons. The third-order valence-corrected chi connectivity index (χ3v) is 6.67. The Kier molecular flexibility index (Phi) is 12.5. The lowest BCUT2D eigenvalue weighted by Gasteiger charge is -2.30. The van der Waals surface area contributed by atoms with Crippen LogP contribution in [0, 0.1) is 11.3 Å². The molecule has 0 unspecified atom stereocenters. The van der Waals surface area contributed by atoms with Crippen molar-refractivity contribution in [2.75, 3.05) is 18.4 Å². The molecule has 0 radical (unpaired) electrons. The average molecular weight is 606 g/mol. The highest BCUT2D eigenvalue weighted by molar-refractivity contribution is 5.99. The standard InChI is InChI=1S/C31H39N7O6/c1-20(2)27(37-31(42)43)29(41)35-18-26(39)38(44-19-21-9-4-3-5-10-21)25(13-8-16-34-30(32)33)28(40)36-24-15-14-22-11-6-7-12-23(22)17-24/h3-7,9-12,14-15,17,20,25,27,37H,8,13,16,18-19H2,1-2H3,(H,35,41)(H,36,40)(H,42,43)(H4,32,33,34)/t25-,27-/m0/s1. The predicted molar refractivity (Wildman–Crippen MR) is 166 cm³/mol. The number of carbonyl (C=O) groups is 4. The summed E-state index contributed by atoms with van der Waals surface area (Å²) in [5.74, 6) is -2.55. The molecule has 4 amide bonds. The molecule has 3 aromatic rings. The van der Waals surface area contributed by atoms with Crippen LogP contribution in [0.25, 0.3) is 10.8 Å². The van der Waals surface area contributed by atoms with Crippen molar-refractivity contribution in [1.82, 2.24) is 21.0 Å². The van der Waals surface area contributed by atoms with Crippen LogP contribution in [0.1, 0.15) is 32.3 Å². The molecule has 0 aromatic heterocycles. The van der Waals surface area contributed by atoms with Gasteiger partial charge in [0.05, 0.1) is 6.54 Å². The zero-order valence-electron chi connectivity index (χ0n) is 24.7. The topological polar surface area (TPSA) is 199 Å². The van der Waals surface area contributed by atoms with Crippen molar-refractivity contribution in [2.24, 2.45) is 11.7 Å². The Hall–Kier alpha value is -5.17. The van der Waals surface area contributed by atoms with E-state index < -0.39 is 42.4 Å². The normalized spacial score (nSPS) is 12.2. The monoisotopic (exact) mass is 605 g/mol. The van der Waals surface area contributed by atoms with Crippen LogP contribution < -0.4 is 27.0 Å². The van der Waals surface area contributed by atoms with Crippen LogP contribution in [0.15, 0.2) is 72.8 Å². The summed E-state index contributed by atoms with van der Waals surface area (Å²) in [4.78, 5) is 57.3. The summed E-state index contributed by atoms with van der Waals surface area (Å²) in [6.07, 6.45) is -0.899. The Morgan fingerprint density at radius 3 is 2.27 bits per heavy atom. The quantitative estimate of drug-likeness (QED) is 0.0593. The molecular weight excluding hydrogens is 566 g/mol. The number of guanidine groups is 1. The largest absolute Gasteiger partial charge is 0.465 e. The number of fused-ring (bicyclic) bond motifs is 1. The summed E-state index contributed by atoms with van der Waals surface area (Å²) >= 11 is 0. The second kappa shape index (κ2) is 16.5. The number of amides is 4. The van der Waals surface area contributed by atoms with E-state index in [0.717, 1.165) is 21.4 Å². The van der Waals surface area contributed by atoms with Gasteiger partial charge in [-0.15, -0.1) is 0 Å². The average Bonchev–Trinajstić information content (AvgIpc) is 2.99. The van der Waals surface area contributed by atoms with Gasteiger partial charge in [-0.3, -0.25) is 24.6 Å². The molecule has 0 aliphatic heterocycles. The molecule has 13 heteroatoms. The summed E-state index contributed by atoms with van der Waals surface area (Å²) in [5, 5.41) is 29.6. The summed E-state index contributed by atoms with van der Waals surface area (Å²) in [5.41, 5.74) is 6.66. The van der Waals surface area contributed by atoms with Crippen LogP contribution >= 0.6 is 0 Å². The number of carboxylic acid groups (broad SMARTS) is 1. The van der Waals surface area contributed by atoms with Gasteiger partial charge >= 0.3 is 6.09 Å². The van der Waals surface area contributed by atoms with E-state index in [1.54, 1.807) is 32.0 Å². The molecule has 0 aliphatic rings. The number of nitrogens with zero attached hydrogens (tertiary/aromatic N) is 1. The zero-order valence-corrected chi connectivity index (χ0v) is 24.7. The van der Waals surface area contributed by atoms with Crippen LogP contribution in [-0.4, -0.2) is 65.1 Å². The Bertz CT molecular complexity index is 1450. The van der Waals surface area contributed by atoms with Crippen molar-refractivity contribution in [1.29, 1.82) is 5.41 Å². The number of carbonyl (C=O) groups excluding carboxylic acids is 3. The van der Waals surface area contributed by atoms with Crippen molar-refractivity contribution < 1.29 is 29.1 Å². The van der Waals surface area contributed by atoms with E-state index >= 15 is 0 Å². The molecule has 0 saturated heterocycles. The first-order chi connectivity index (χ1) is 21.0. The maximum Gasteiger partial charge on any atom is 0.405 e. The van der Waals surface area contributed by atoms with Gasteiger partial charge in [-0.25, -0.2) is 9.86 Å². The van der Waals surface area contributed by atoms with Crippen molar-refractivity contribution in [3.05, 3.63) is 78.4 Å². The number of nitrogens with one attached hydrogen (secondary N) is 5. The predicted octanol–water partition coefficient (Wildman–Crippen LogP) is 2.78. The van der Waals surface area contributed by atoms with Gasteiger partial charge in [0, 0.05) is 12.2 Å². The summed E-state index contributed by atoms with van der Waals surface area (Å²) in [6.45, 7) is 3.01. The van der Waals surface area contributed by atoms with Crippen LogP contribution in [0.2, 0.25) is 0 Å². The third-order valence-electron chi connectivity index (χ3n) is 6.67. The molecular formula is C31H39N7O6. The highest BCUT2D eigenvalue weighted by atomic mass is 16.7. The number of rotatable bonds is 15. The highest BCUT2D eigenvalue weighted by Crippen LogP contribution is 2.21. The zero-order chi connectivity index (χ0) is 32.1. The lowest BCUT2D eigenvalue weighted by molar-refractivity contribution is -0.206. The number of anilines is 1. The minimum Gasteiger partial charge on any atom is -0.465 e. The van der Waals surface area contributed by atoms with E-state index in [4.69, 9.17) is 21.1 Å². The van der Waals surface area contributed by atoms with Gasteiger partial charge in [0.1, 0.15) is 18.7 Å². The molecule has 0 saturated carbocycles. The first kappa shape index (κ1) is 33.3. The van der Waals surface area contributed by atoms with Crippen molar-refractivity contribution in [2.45, 2.75) is 45.4 Å². The molecule has 3 aromatic carbocycles. The van der Waals surface area contributed by atoms with E-state index in [9.17, 15) is 19.2 Å². The van der Waals surface area contributed by atoms with Crippen LogP contribution in [0.5, 0.6) is 0 Å². The molecule has 44 heavy (non-hydrogen) atoms. The highest BCUT2D eigenvalue weighted by Gasteiger charge is 2.32. The van der Waals surface area contributed by atoms with Crippen molar-refractivity contribution in [3.63, 3.8) is 0 Å². The van der Waals surface area contributed by atoms with Gasteiger partial charge in [0.25, 0.3) is 5.91 Å². The van der Waals surface area contributed by atoms with Gasteiger partial charge in [0.15, 0.2) is 5.96 Å². The fourth-order valence-electron chi connectivity index (χ4n) is 4.44.